The van der Waals surface area contributed by atoms with Crippen molar-refractivity contribution in [2.45, 2.75) is 32.5 Å². The highest BCUT2D eigenvalue weighted by Gasteiger charge is 2.06. The molecule has 1 unspecified atom stereocenters. The predicted molar refractivity (Wildman–Crippen MR) is 97.9 cm³/mol. The van der Waals surface area contributed by atoms with Gasteiger partial charge in [-0.05, 0) is 57.7 Å². The predicted octanol–water partition coefficient (Wildman–Crippen LogP) is 4.54. The van der Waals surface area contributed by atoms with Crippen LogP contribution in [0.5, 0.6) is 5.75 Å². The first kappa shape index (κ1) is 18.3. The minimum absolute atomic E-state index is 0.134. The zero-order valence-electron chi connectivity index (χ0n) is 13.1. The zero-order valence-corrected chi connectivity index (χ0v) is 15.4. The summed E-state index contributed by atoms with van der Waals surface area (Å²) in [7, 11) is 0. The van der Waals surface area contributed by atoms with Gasteiger partial charge < -0.3 is 15.2 Å². The summed E-state index contributed by atoms with van der Waals surface area (Å²) in [6.07, 6.45) is 0.903. The third-order valence-corrected chi connectivity index (χ3v) is 4.48. The Morgan fingerprint density at radius 3 is 2.48 bits per heavy atom. The van der Waals surface area contributed by atoms with Crippen molar-refractivity contribution in [3.05, 3.63) is 63.1 Å². The van der Waals surface area contributed by atoms with Gasteiger partial charge in [0.1, 0.15) is 12.4 Å². The van der Waals surface area contributed by atoms with Gasteiger partial charge in [0, 0.05) is 17.6 Å². The van der Waals surface area contributed by atoms with Gasteiger partial charge in [0.15, 0.2) is 0 Å². The van der Waals surface area contributed by atoms with E-state index in [9.17, 15) is 5.11 Å². The monoisotopic (exact) mass is 397 g/mol. The average molecular weight is 399 g/mol. The molecule has 0 aliphatic heterocycles. The standard InChI is InChI=1S/C18H21BrClNO2/c1-2-16(11-22)21-10-14-5-8-18(17(19)9-14)23-12-13-3-6-15(20)7-4-13/h3-9,16,21-22H,2,10-12H2,1H3. The molecule has 0 amide bonds. The maximum Gasteiger partial charge on any atom is 0.134 e. The van der Waals surface area contributed by atoms with Gasteiger partial charge >= 0.3 is 0 Å². The second-order valence-corrected chi connectivity index (χ2v) is 6.64. The van der Waals surface area contributed by atoms with Gasteiger partial charge in [0.2, 0.25) is 0 Å². The minimum atomic E-state index is 0.134. The number of hydrogen-bond acceptors (Lipinski definition) is 3. The lowest BCUT2D eigenvalue weighted by molar-refractivity contribution is 0.238. The molecule has 0 saturated heterocycles. The van der Waals surface area contributed by atoms with Crippen molar-refractivity contribution in [3.63, 3.8) is 0 Å². The summed E-state index contributed by atoms with van der Waals surface area (Å²) in [6, 6.07) is 13.8. The van der Waals surface area contributed by atoms with Crippen molar-refractivity contribution in [1.82, 2.24) is 5.32 Å². The van der Waals surface area contributed by atoms with E-state index in [1.807, 2.05) is 42.5 Å². The first-order valence-corrected chi connectivity index (χ1v) is 8.79. The number of rotatable bonds is 8. The first-order chi connectivity index (χ1) is 11.1. The summed E-state index contributed by atoms with van der Waals surface area (Å²) >= 11 is 9.42. The summed E-state index contributed by atoms with van der Waals surface area (Å²) in [5.41, 5.74) is 2.21. The Labute approximate surface area is 150 Å². The molecule has 2 aromatic rings. The van der Waals surface area contributed by atoms with E-state index in [1.54, 1.807) is 0 Å². The molecule has 3 nitrogen and oxygen atoms in total. The van der Waals surface area contributed by atoms with Crippen LogP contribution in [0.2, 0.25) is 5.02 Å². The molecule has 2 N–H and O–H groups in total. The van der Waals surface area contributed by atoms with E-state index in [1.165, 1.54) is 0 Å². The van der Waals surface area contributed by atoms with Crippen LogP contribution in [0.25, 0.3) is 0 Å². The molecule has 0 aliphatic rings. The topological polar surface area (TPSA) is 41.5 Å². The lowest BCUT2D eigenvalue weighted by atomic mass is 10.2. The van der Waals surface area contributed by atoms with E-state index in [4.69, 9.17) is 16.3 Å². The van der Waals surface area contributed by atoms with Crippen LogP contribution in [-0.2, 0) is 13.2 Å². The molecule has 1 atom stereocenters. The molecule has 0 aliphatic carbocycles. The smallest absolute Gasteiger partial charge is 0.134 e. The fourth-order valence-corrected chi connectivity index (χ4v) is 2.78. The van der Waals surface area contributed by atoms with Crippen LogP contribution in [0.3, 0.4) is 0 Å². The Bertz CT molecular complexity index is 615. The minimum Gasteiger partial charge on any atom is -0.488 e. The van der Waals surface area contributed by atoms with Crippen molar-refractivity contribution in [2.24, 2.45) is 0 Å². The fourth-order valence-electron chi connectivity index (χ4n) is 2.11. The van der Waals surface area contributed by atoms with E-state index >= 15 is 0 Å². The molecule has 0 spiro atoms. The molecule has 0 heterocycles. The molecule has 0 radical (unpaired) electrons. The summed E-state index contributed by atoms with van der Waals surface area (Å²) in [6.45, 7) is 3.42. The van der Waals surface area contributed by atoms with Crippen LogP contribution < -0.4 is 10.1 Å². The van der Waals surface area contributed by atoms with E-state index in [0.29, 0.717) is 6.61 Å². The average Bonchev–Trinajstić information content (AvgIpc) is 2.56. The highest BCUT2D eigenvalue weighted by molar-refractivity contribution is 9.10. The number of ether oxygens (including phenoxy) is 1. The van der Waals surface area contributed by atoms with E-state index in [2.05, 4.69) is 28.2 Å². The Hall–Kier alpha value is -1.07. The number of nitrogens with one attached hydrogen (secondary N) is 1. The molecular weight excluding hydrogens is 378 g/mol. The SMILES string of the molecule is CCC(CO)NCc1ccc(OCc2ccc(Cl)cc2)c(Br)c1. The highest BCUT2D eigenvalue weighted by atomic mass is 79.9. The maximum atomic E-state index is 9.20. The molecular formula is C18H21BrClNO2. The molecule has 0 fully saturated rings. The third-order valence-electron chi connectivity index (χ3n) is 3.61. The summed E-state index contributed by atoms with van der Waals surface area (Å²) in [4.78, 5) is 0. The molecule has 2 rings (SSSR count). The van der Waals surface area contributed by atoms with E-state index < -0.39 is 0 Å². The Morgan fingerprint density at radius 1 is 1.17 bits per heavy atom. The van der Waals surface area contributed by atoms with Gasteiger partial charge in [0.25, 0.3) is 0 Å². The molecule has 0 saturated carbocycles. The van der Waals surface area contributed by atoms with Crippen LogP contribution in [0.4, 0.5) is 0 Å². The molecule has 0 bridgehead atoms. The van der Waals surface area contributed by atoms with Crippen LogP contribution >= 0.6 is 27.5 Å². The summed E-state index contributed by atoms with van der Waals surface area (Å²) in [5.74, 6) is 0.804. The third kappa shape index (κ3) is 5.81. The van der Waals surface area contributed by atoms with Crippen LogP contribution in [0, 0.1) is 0 Å². The van der Waals surface area contributed by atoms with Crippen LogP contribution in [-0.4, -0.2) is 17.8 Å². The lowest BCUT2D eigenvalue weighted by Crippen LogP contribution is -2.31. The quantitative estimate of drug-likeness (QED) is 0.686. The maximum absolute atomic E-state index is 9.20. The van der Waals surface area contributed by atoms with Crippen molar-refractivity contribution in [3.8, 4) is 5.75 Å². The number of hydrogen-bond donors (Lipinski definition) is 2. The molecule has 2 aromatic carbocycles. The molecule has 0 aromatic heterocycles. The van der Waals surface area contributed by atoms with Crippen LogP contribution in [0.1, 0.15) is 24.5 Å². The Kier molecular flexibility index (Phi) is 7.37. The fraction of sp³-hybridized carbons (Fsp3) is 0.333. The van der Waals surface area contributed by atoms with Crippen molar-refractivity contribution >= 4 is 27.5 Å². The van der Waals surface area contributed by atoms with Crippen molar-refractivity contribution < 1.29 is 9.84 Å². The second kappa shape index (κ2) is 9.28. The lowest BCUT2D eigenvalue weighted by Gasteiger charge is -2.15. The second-order valence-electron chi connectivity index (χ2n) is 5.35. The van der Waals surface area contributed by atoms with Crippen LogP contribution in [0.15, 0.2) is 46.9 Å². The highest BCUT2D eigenvalue weighted by Crippen LogP contribution is 2.27. The number of halogens is 2. The normalized spacial score (nSPS) is 12.2. The zero-order chi connectivity index (χ0) is 16.7. The van der Waals surface area contributed by atoms with Gasteiger partial charge in [-0.15, -0.1) is 0 Å². The van der Waals surface area contributed by atoms with Crippen molar-refractivity contribution in [2.75, 3.05) is 6.61 Å². The summed E-state index contributed by atoms with van der Waals surface area (Å²) in [5, 5.41) is 13.2. The molecule has 124 valence electrons. The number of aliphatic hydroxyl groups excluding tert-OH is 1. The number of benzene rings is 2. The largest absolute Gasteiger partial charge is 0.488 e. The van der Waals surface area contributed by atoms with Gasteiger partial charge in [-0.25, -0.2) is 0 Å². The summed E-state index contributed by atoms with van der Waals surface area (Å²) < 4.78 is 6.75. The number of aliphatic hydroxyl groups is 1. The molecule has 5 heteroatoms. The van der Waals surface area contributed by atoms with E-state index in [0.717, 1.165) is 39.3 Å². The van der Waals surface area contributed by atoms with Gasteiger partial charge in [-0.2, -0.15) is 0 Å². The van der Waals surface area contributed by atoms with Gasteiger partial charge in [-0.3, -0.25) is 0 Å². The Balaban J connectivity index is 1.92. The van der Waals surface area contributed by atoms with Gasteiger partial charge in [-0.1, -0.05) is 36.7 Å². The van der Waals surface area contributed by atoms with E-state index in [-0.39, 0.29) is 12.6 Å². The molecule has 23 heavy (non-hydrogen) atoms. The van der Waals surface area contributed by atoms with Gasteiger partial charge in [0.05, 0.1) is 11.1 Å². The first-order valence-electron chi connectivity index (χ1n) is 7.62. The van der Waals surface area contributed by atoms with Crippen molar-refractivity contribution in [1.29, 1.82) is 0 Å². The Morgan fingerprint density at radius 2 is 1.87 bits per heavy atom.